The summed E-state index contributed by atoms with van der Waals surface area (Å²) in [6.07, 6.45) is 1.26. The monoisotopic (exact) mass is 500 g/mol. The number of thiazole rings is 1. The minimum absolute atomic E-state index is 0.0203. The number of aryl methyl sites for hydroxylation is 1. The maximum Gasteiger partial charge on any atom is 0.389 e. The molecule has 4 rings (SSSR count). The molecule has 1 fully saturated rings. The van der Waals surface area contributed by atoms with Gasteiger partial charge >= 0.3 is 6.18 Å². The van der Waals surface area contributed by atoms with E-state index in [1.807, 2.05) is 0 Å². The van der Waals surface area contributed by atoms with Crippen molar-refractivity contribution in [3.63, 3.8) is 0 Å². The van der Waals surface area contributed by atoms with E-state index in [0.717, 1.165) is 68.7 Å². The summed E-state index contributed by atoms with van der Waals surface area (Å²) in [5, 5.41) is 7.41. The third-order valence-electron chi connectivity index (χ3n) is 6.62. The van der Waals surface area contributed by atoms with Gasteiger partial charge in [-0.25, -0.2) is 4.98 Å². The molecule has 1 saturated carbocycles. The summed E-state index contributed by atoms with van der Waals surface area (Å²) in [6, 6.07) is 1.81. The molecule has 0 aromatic carbocycles. The Labute approximate surface area is 201 Å². The zero-order valence-electron chi connectivity index (χ0n) is 19.3. The van der Waals surface area contributed by atoms with E-state index >= 15 is 0 Å². The van der Waals surface area contributed by atoms with Crippen LogP contribution in [-0.4, -0.2) is 53.4 Å². The molecule has 0 unspecified atom stereocenters. The fourth-order valence-electron chi connectivity index (χ4n) is 4.72. The van der Waals surface area contributed by atoms with Crippen LogP contribution in [0.1, 0.15) is 59.9 Å². The average Bonchev–Trinajstić information content (AvgIpc) is 3.42. The molecule has 2 aromatic rings. The van der Waals surface area contributed by atoms with Gasteiger partial charge in [0.05, 0.1) is 24.2 Å². The van der Waals surface area contributed by atoms with Crippen molar-refractivity contribution in [2.24, 2.45) is 5.92 Å². The van der Waals surface area contributed by atoms with E-state index in [-0.39, 0.29) is 24.8 Å². The maximum atomic E-state index is 12.5. The highest BCUT2D eigenvalue weighted by molar-refractivity contribution is 7.11. The van der Waals surface area contributed by atoms with Crippen LogP contribution in [0.3, 0.4) is 0 Å². The molecule has 2 aromatic heterocycles. The number of nitrogens with zero attached hydrogens (tertiary/aromatic N) is 3. The summed E-state index contributed by atoms with van der Waals surface area (Å²) < 4.78 is 47.5. The summed E-state index contributed by atoms with van der Waals surface area (Å²) in [5.41, 5.74) is 0.962. The minimum atomic E-state index is -4.13. The number of hydrogen-bond acceptors (Lipinski definition) is 7. The fourth-order valence-corrected chi connectivity index (χ4v) is 5.79. The van der Waals surface area contributed by atoms with E-state index in [1.54, 1.807) is 6.07 Å². The smallest absolute Gasteiger partial charge is 0.389 e. The first-order chi connectivity index (χ1) is 16.3. The molecular weight excluding hydrogens is 469 g/mol. The van der Waals surface area contributed by atoms with Gasteiger partial charge < -0.3 is 14.6 Å². The highest BCUT2D eigenvalue weighted by atomic mass is 32.1. The Hall–Kier alpha value is -2.14. The van der Waals surface area contributed by atoms with Gasteiger partial charge in [0.25, 0.3) is 5.88 Å². The molecule has 0 saturated heterocycles. The van der Waals surface area contributed by atoms with Crippen LogP contribution in [0.25, 0.3) is 0 Å². The predicted molar refractivity (Wildman–Crippen MR) is 121 cm³/mol. The van der Waals surface area contributed by atoms with Crippen molar-refractivity contribution in [2.75, 3.05) is 20.2 Å². The summed E-state index contributed by atoms with van der Waals surface area (Å²) in [6.45, 7) is 2.64. The first-order valence-electron chi connectivity index (χ1n) is 11.8. The van der Waals surface area contributed by atoms with Crippen molar-refractivity contribution in [1.82, 2.24) is 20.4 Å². The molecule has 0 atom stereocenters. The Morgan fingerprint density at radius 2 is 2.12 bits per heavy atom. The van der Waals surface area contributed by atoms with Gasteiger partial charge in [-0.15, -0.1) is 11.3 Å². The number of carbonyl (C=O) groups is 1. The number of halogens is 3. The zero-order valence-corrected chi connectivity index (χ0v) is 20.1. The number of rotatable bonds is 9. The SMILES string of the molecule is COc1cc(CC(=O)NC2CCC(CCN3CCc4sc(CCC(F)(F)F)nc4C3)CC2)on1. The fraction of sp³-hybridized carbons (Fsp3) is 0.696. The van der Waals surface area contributed by atoms with E-state index in [4.69, 9.17) is 9.26 Å². The third kappa shape index (κ3) is 7.18. The number of methoxy groups -OCH3 is 1. The topological polar surface area (TPSA) is 80.5 Å². The van der Waals surface area contributed by atoms with Crippen LogP contribution in [0.5, 0.6) is 5.88 Å². The molecule has 1 amide bonds. The molecule has 188 valence electrons. The quantitative estimate of drug-likeness (QED) is 0.553. The van der Waals surface area contributed by atoms with Crippen molar-refractivity contribution in [3.8, 4) is 5.88 Å². The highest BCUT2D eigenvalue weighted by Gasteiger charge is 2.29. The minimum Gasteiger partial charge on any atom is -0.479 e. The first-order valence-corrected chi connectivity index (χ1v) is 12.6. The van der Waals surface area contributed by atoms with Gasteiger partial charge in [0, 0.05) is 42.9 Å². The van der Waals surface area contributed by atoms with E-state index in [1.165, 1.54) is 18.4 Å². The Morgan fingerprint density at radius 3 is 2.82 bits per heavy atom. The van der Waals surface area contributed by atoms with Crippen LogP contribution < -0.4 is 10.1 Å². The van der Waals surface area contributed by atoms with Crippen molar-refractivity contribution < 1.29 is 27.2 Å². The van der Waals surface area contributed by atoms with E-state index < -0.39 is 12.6 Å². The van der Waals surface area contributed by atoms with Crippen LogP contribution in [0, 0.1) is 5.92 Å². The lowest BCUT2D eigenvalue weighted by Crippen LogP contribution is -2.39. The Bertz CT molecular complexity index is 954. The van der Waals surface area contributed by atoms with Crippen molar-refractivity contribution in [1.29, 1.82) is 0 Å². The zero-order chi connectivity index (χ0) is 24.1. The number of alkyl halides is 3. The number of hydrogen-bond donors (Lipinski definition) is 1. The summed E-state index contributed by atoms with van der Waals surface area (Å²) in [5.74, 6) is 1.42. The molecule has 3 heterocycles. The van der Waals surface area contributed by atoms with Gasteiger partial charge in [-0.3, -0.25) is 9.69 Å². The van der Waals surface area contributed by atoms with Crippen LogP contribution in [0.4, 0.5) is 13.2 Å². The maximum absolute atomic E-state index is 12.5. The van der Waals surface area contributed by atoms with Crippen molar-refractivity contribution >= 4 is 17.2 Å². The molecule has 7 nitrogen and oxygen atoms in total. The number of carbonyl (C=O) groups excluding carboxylic acids is 1. The van der Waals surface area contributed by atoms with Crippen LogP contribution in [-0.2, 0) is 30.6 Å². The largest absolute Gasteiger partial charge is 0.479 e. The molecule has 2 aliphatic rings. The Kier molecular flexibility index (Phi) is 8.13. The second kappa shape index (κ2) is 11.1. The number of fused-ring (bicyclic) bond motifs is 1. The second-order valence-corrected chi connectivity index (χ2v) is 10.4. The molecule has 1 N–H and O–H groups in total. The molecule has 0 spiro atoms. The lowest BCUT2D eigenvalue weighted by molar-refractivity contribution is -0.134. The highest BCUT2D eigenvalue weighted by Crippen LogP contribution is 2.31. The molecular formula is C23H31F3N4O3S. The van der Waals surface area contributed by atoms with Crippen molar-refractivity contribution in [2.45, 2.75) is 76.6 Å². The summed E-state index contributed by atoms with van der Waals surface area (Å²) in [4.78, 5) is 20.3. The molecule has 1 aliphatic carbocycles. The molecule has 0 radical (unpaired) electrons. The third-order valence-corrected chi connectivity index (χ3v) is 7.84. The molecule has 0 bridgehead atoms. The molecule has 1 aliphatic heterocycles. The summed E-state index contributed by atoms with van der Waals surface area (Å²) >= 11 is 1.44. The first kappa shape index (κ1) is 25.0. The Morgan fingerprint density at radius 1 is 1.32 bits per heavy atom. The number of aromatic nitrogens is 2. The van der Waals surface area contributed by atoms with Gasteiger partial charge in [-0.2, -0.15) is 13.2 Å². The van der Waals surface area contributed by atoms with Gasteiger partial charge in [0.15, 0.2) is 0 Å². The predicted octanol–water partition coefficient (Wildman–Crippen LogP) is 4.30. The Balaban J connectivity index is 1.14. The molecule has 11 heteroatoms. The average molecular weight is 501 g/mol. The normalized spacial score (nSPS) is 21.3. The van der Waals surface area contributed by atoms with Gasteiger partial charge in [-0.1, -0.05) is 0 Å². The lowest BCUT2D eigenvalue weighted by atomic mass is 9.84. The van der Waals surface area contributed by atoms with Gasteiger partial charge in [0.2, 0.25) is 5.91 Å². The number of amides is 1. The van der Waals surface area contributed by atoms with Crippen LogP contribution in [0.15, 0.2) is 10.6 Å². The van der Waals surface area contributed by atoms with E-state index in [0.29, 0.717) is 22.6 Å². The number of nitrogens with one attached hydrogen (secondary N) is 1. The lowest BCUT2D eigenvalue weighted by Gasteiger charge is -2.32. The number of ether oxygens (including phenoxy) is 1. The van der Waals surface area contributed by atoms with E-state index in [9.17, 15) is 18.0 Å². The van der Waals surface area contributed by atoms with Gasteiger partial charge in [0.1, 0.15) is 5.76 Å². The summed E-state index contributed by atoms with van der Waals surface area (Å²) in [7, 11) is 1.50. The van der Waals surface area contributed by atoms with Crippen LogP contribution >= 0.6 is 11.3 Å². The van der Waals surface area contributed by atoms with Crippen LogP contribution in [0.2, 0.25) is 0 Å². The van der Waals surface area contributed by atoms with Gasteiger partial charge in [-0.05, 0) is 56.1 Å². The van der Waals surface area contributed by atoms with E-state index in [2.05, 4.69) is 20.4 Å². The standard InChI is InChI=1S/C23H31F3N4O3S/c1-32-21-13-17(33-29-21)12-20(31)27-16-4-2-15(3-5-16)7-10-30-11-8-19-18(14-30)28-22(34-19)6-9-23(24,25)26/h13,15-16H,2-12,14H2,1H3,(H,27,31). The van der Waals surface area contributed by atoms with Crippen molar-refractivity contribution in [3.05, 3.63) is 27.4 Å². The molecule has 34 heavy (non-hydrogen) atoms. The second-order valence-electron chi connectivity index (χ2n) is 9.21.